The Bertz CT molecular complexity index is 1340. The average Bonchev–Trinajstić information content (AvgIpc) is 3.30. The summed E-state index contributed by atoms with van der Waals surface area (Å²) in [4.78, 5) is 26.3. The molecule has 8 heteroatoms. The second-order valence-electron chi connectivity index (χ2n) is 9.35. The molecule has 1 saturated heterocycles. The molecule has 1 aromatic heterocycles. The number of fused-ring (bicyclic) bond motifs is 4. The molecular formula is C27H25N3O5. The van der Waals surface area contributed by atoms with E-state index in [1.54, 1.807) is 29.2 Å². The van der Waals surface area contributed by atoms with Crippen LogP contribution in [0.4, 0.5) is 0 Å². The van der Waals surface area contributed by atoms with Crippen LogP contribution in [0.1, 0.15) is 48.4 Å². The van der Waals surface area contributed by atoms with Gasteiger partial charge in [-0.2, -0.15) is 5.26 Å². The number of hydrogen-bond donors (Lipinski definition) is 1. The number of benzene rings is 2. The van der Waals surface area contributed by atoms with E-state index >= 15 is 0 Å². The lowest BCUT2D eigenvalue weighted by Crippen LogP contribution is -2.50. The van der Waals surface area contributed by atoms with Crippen LogP contribution in [0.3, 0.4) is 0 Å². The topological polar surface area (TPSA) is 105 Å². The number of carbonyl (C=O) groups is 2. The fourth-order valence-electron chi connectivity index (χ4n) is 4.75. The molecule has 3 aromatic rings. The van der Waals surface area contributed by atoms with Gasteiger partial charge in [0, 0.05) is 31.5 Å². The van der Waals surface area contributed by atoms with Crippen LogP contribution in [-0.4, -0.2) is 45.1 Å². The molecule has 3 heterocycles. The molecule has 1 N–H and O–H groups in total. The Balaban J connectivity index is 1.33. The second-order valence-corrected chi connectivity index (χ2v) is 9.35. The lowest BCUT2D eigenvalue weighted by Gasteiger charge is -2.45. The highest BCUT2D eigenvalue weighted by molar-refractivity contribution is 5.94. The Morgan fingerprint density at radius 2 is 1.74 bits per heavy atom. The van der Waals surface area contributed by atoms with Gasteiger partial charge in [-0.15, -0.1) is 0 Å². The number of rotatable bonds is 4. The number of carboxylic acids is 1. The van der Waals surface area contributed by atoms with Crippen LogP contribution < -0.4 is 9.47 Å². The first-order valence-corrected chi connectivity index (χ1v) is 11.5. The minimum atomic E-state index is -1.37. The number of para-hydroxylation sites is 2. The minimum absolute atomic E-state index is 0.104. The van der Waals surface area contributed by atoms with Gasteiger partial charge in [0.2, 0.25) is 0 Å². The van der Waals surface area contributed by atoms with Crippen LogP contribution in [0.5, 0.6) is 11.5 Å². The van der Waals surface area contributed by atoms with Crippen molar-refractivity contribution in [2.45, 2.75) is 37.9 Å². The summed E-state index contributed by atoms with van der Waals surface area (Å²) in [5.74, 6) is -0.0593. The van der Waals surface area contributed by atoms with Crippen LogP contribution in [0.25, 0.3) is 5.69 Å². The highest BCUT2D eigenvalue weighted by Crippen LogP contribution is 2.45. The SMILES string of the molecule is CC(C)(Oc1ccc(C(=O)N2CCC3(CC2)Oc2ccccc2-n2c(C#N)ccc23)cc1)C(=O)O. The molecule has 2 aliphatic heterocycles. The van der Waals surface area contributed by atoms with Crippen molar-refractivity contribution in [3.05, 3.63) is 77.6 Å². The summed E-state index contributed by atoms with van der Waals surface area (Å²) in [5.41, 5.74) is 0.867. The summed E-state index contributed by atoms with van der Waals surface area (Å²) in [7, 11) is 0. The number of amides is 1. The normalized spacial score (nSPS) is 16.0. The maximum Gasteiger partial charge on any atom is 0.347 e. The van der Waals surface area contributed by atoms with Crippen LogP contribution in [-0.2, 0) is 10.4 Å². The van der Waals surface area contributed by atoms with E-state index in [2.05, 4.69) is 6.07 Å². The van der Waals surface area contributed by atoms with Crippen molar-refractivity contribution >= 4 is 11.9 Å². The number of aliphatic carboxylic acids is 1. The molecule has 0 unspecified atom stereocenters. The summed E-state index contributed by atoms with van der Waals surface area (Å²) in [6.45, 7) is 3.94. The molecule has 1 spiro atoms. The quantitative estimate of drug-likeness (QED) is 0.614. The lowest BCUT2D eigenvalue weighted by atomic mass is 9.86. The number of carboxylic acid groups (broad SMARTS) is 1. The Kier molecular flexibility index (Phi) is 5.28. The number of nitriles is 1. The molecule has 5 rings (SSSR count). The average molecular weight is 472 g/mol. The largest absolute Gasteiger partial charge is 0.479 e. The van der Waals surface area contributed by atoms with Gasteiger partial charge in [0.05, 0.1) is 11.4 Å². The van der Waals surface area contributed by atoms with Gasteiger partial charge in [-0.3, -0.25) is 9.36 Å². The van der Waals surface area contributed by atoms with E-state index in [-0.39, 0.29) is 5.91 Å². The number of likely N-dealkylation sites (tertiary alicyclic amines) is 1. The summed E-state index contributed by atoms with van der Waals surface area (Å²) in [6.07, 6.45) is 1.19. The van der Waals surface area contributed by atoms with Gasteiger partial charge < -0.3 is 19.5 Å². The lowest BCUT2D eigenvalue weighted by molar-refractivity contribution is -0.152. The van der Waals surface area contributed by atoms with Gasteiger partial charge in [-0.25, -0.2) is 4.79 Å². The molecule has 0 atom stereocenters. The fraction of sp³-hybridized carbons (Fsp3) is 0.296. The molecule has 0 aliphatic carbocycles. The zero-order valence-electron chi connectivity index (χ0n) is 19.5. The van der Waals surface area contributed by atoms with Crippen molar-refractivity contribution in [3.63, 3.8) is 0 Å². The maximum absolute atomic E-state index is 13.2. The number of piperidine rings is 1. The third kappa shape index (κ3) is 3.79. The minimum Gasteiger partial charge on any atom is -0.479 e. The van der Waals surface area contributed by atoms with Gasteiger partial charge in [0.25, 0.3) is 5.91 Å². The Morgan fingerprint density at radius 1 is 1.06 bits per heavy atom. The smallest absolute Gasteiger partial charge is 0.347 e. The molecule has 35 heavy (non-hydrogen) atoms. The number of aromatic nitrogens is 1. The summed E-state index contributed by atoms with van der Waals surface area (Å²) < 4.78 is 14.0. The Labute approximate surface area is 202 Å². The van der Waals surface area contributed by atoms with Crippen LogP contribution in [0, 0.1) is 11.3 Å². The Morgan fingerprint density at radius 3 is 2.40 bits per heavy atom. The van der Waals surface area contributed by atoms with Crippen molar-refractivity contribution in [3.8, 4) is 23.3 Å². The third-order valence-electron chi connectivity index (χ3n) is 6.72. The zero-order chi connectivity index (χ0) is 24.8. The van der Waals surface area contributed by atoms with E-state index in [0.717, 1.165) is 17.1 Å². The van der Waals surface area contributed by atoms with E-state index in [9.17, 15) is 20.0 Å². The van der Waals surface area contributed by atoms with Crippen molar-refractivity contribution in [2.75, 3.05) is 13.1 Å². The summed E-state index contributed by atoms with van der Waals surface area (Å²) in [6, 6.07) is 20.2. The monoisotopic (exact) mass is 471 g/mol. The highest BCUT2D eigenvalue weighted by Gasteiger charge is 2.45. The molecule has 1 amide bonds. The molecule has 8 nitrogen and oxygen atoms in total. The van der Waals surface area contributed by atoms with E-state index in [0.29, 0.717) is 42.9 Å². The van der Waals surface area contributed by atoms with Crippen LogP contribution >= 0.6 is 0 Å². The van der Waals surface area contributed by atoms with E-state index in [1.165, 1.54) is 13.8 Å². The van der Waals surface area contributed by atoms with Crippen LogP contribution in [0.15, 0.2) is 60.7 Å². The van der Waals surface area contributed by atoms with Gasteiger partial charge >= 0.3 is 5.97 Å². The Hall–Kier alpha value is -4.25. The number of ether oxygens (including phenoxy) is 2. The van der Waals surface area contributed by atoms with Crippen molar-refractivity contribution in [2.24, 2.45) is 0 Å². The first-order valence-electron chi connectivity index (χ1n) is 11.5. The van der Waals surface area contributed by atoms with Gasteiger partial charge in [-0.05, 0) is 62.4 Å². The number of nitrogens with zero attached hydrogens (tertiary/aromatic N) is 3. The van der Waals surface area contributed by atoms with E-state index in [1.807, 2.05) is 41.0 Å². The predicted octanol–water partition coefficient (Wildman–Crippen LogP) is 4.11. The van der Waals surface area contributed by atoms with Gasteiger partial charge in [-0.1, -0.05) is 12.1 Å². The first kappa shape index (κ1) is 22.5. The third-order valence-corrected chi connectivity index (χ3v) is 6.72. The summed E-state index contributed by atoms with van der Waals surface area (Å²) in [5, 5.41) is 18.9. The molecule has 2 aliphatic rings. The molecule has 0 radical (unpaired) electrons. The predicted molar refractivity (Wildman–Crippen MR) is 127 cm³/mol. The van der Waals surface area contributed by atoms with Crippen molar-refractivity contribution in [1.29, 1.82) is 5.26 Å². The van der Waals surface area contributed by atoms with E-state index in [4.69, 9.17) is 9.47 Å². The molecule has 0 bridgehead atoms. The maximum atomic E-state index is 13.2. The fourth-order valence-corrected chi connectivity index (χ4v) is 4.75. The zero-order valence-corrected chi connectivity index (χ0v) is 19.5. The van der Waals surface area contributed by atoms with Crippen molar-refractivity contribution < 1.29 is 24.2 Å². The standard InChI is InChI=1S/C27H25N3O5/c1-26(2,25(32)33)34-20-10-7-18(8-11-20)24(31)29-15-13-27(14-16-29)23-12-9-19(17-28)30(23)21-5-3-4-6-22(21)35-27/h3-12H,13-16H2,1-2H3,(H,32,33). The molecular weight excluding hydrogens is 446 g/mol. The second kappa shape index (κ2) is 8.20. The first-order chi connectivity index (χ1) is 16.7. The van der Waals surface area contributed by atoms with Gasteiger partial charge in [0.1, 0.15) is 23.3 Å². The number of carbonyl (C=O) groups excluding carboxylic acids is 1. The molecule has 178 valence electrons. The number of hydrogen-bond acceptors (Lipinski definition) is 5. The molecule has 1 fully saturated rings. The van der Waals surface area contributed by atoms with Crippen LogP contribution in [0.2, 0.25) is 0 Å². The van der Waals surface area contributed by atoms with E-state index < -0.39 is 17.2 Å². The summed E-state index contributed by atoms with van der Waals surface area (Å²) >= 11 is 0. The highest BCUT2D eigenvalue weighted by atomic mass is 16.5. The molecule has 2 aromatic carbocycles. The molecule has 0 saturated carbocycles. The van der Waals surface area contributed by atoms with Crippen molar-refractivity contribution in [1.82, 2.24) is 9.47 Å². The van der Waals surface area contributed by atoms with Gasteiger partial charge in [0.15, 0.2) is 11.2 Å².